The zero-order valence-corrected chi connectivity index (χ0v) is 8.28. The third-order valence-corrected chi connectivity index (χ3v) is 1.59. The van der Waals surface area contributed by atoms with E-state index in [1.165, 1.54) is 0 Å². The van der Waals surface area contributed by atoms with Crippen LogP contribution >= 0.6 is 0 Å². The summed E-state index contributed by atoms with van der Waals surface area (Å²) in [5, 5.41) is 0. The molecule has 0 radical (unpaired) electrons. The van der Waals surface area contributed by atoms with Gasteiger partial charge in [0.15, 0.2) is 0 Å². The first kappa shape index (κ1) is 9.65. The Morgan fingerprint density at radius 1 is 1.08 bits per heavy atom. The molecule has 0 fully saturated rings. The molecule has 2 heteroatoms. The molecule has 13 heavy (non-hydrogen) atoms. The summed E-state index contributed by atoms with van der Waals surface area (Å²) >= 11 is 0. The molecule has 0 aromatic carbocycles. The molecular weight excluding hydrogens is 160 g/mol. The first-order valence-corrected chi connectivity index (χ1v) is 4.53. The molecule has 2 heterocycles. The van der Waals surface area contributed by atoms with Crippen LogP contribution < -0.4 is 0 Å². The van der Waals surface area contributed by atoms with Crippen molar-refractivity contribution in [2.45, 2.75) is 20.8 Å². The van der Waals surface area contributed by atoms with Crippen molar-refractivity contribution in [3.05, 3.63) is 36.2 Å². The SMILES string of the molecule is CC.Cc1cnc2cccnc2c1. The quantitative estimate of drug-likeness (QED) is 0.613. The molecule has 0 amide bonds. The van der Waals surface area contributed by atoms with Gasteiger partial charge in [0.1, 0.15) is 0 Å². The van der Waals surface area contributed by atoms with Crippen molar-refractivity contribution in [1.82, 2.24) is 9.97 Å². The molecule has 0 unspecified atom stereocenters. The monoisotopic (exact) mass is 174 g/mol. The van der Waals surface area contributed by atoms with Gasteiger partial charge in [0.05, 0.1) is 11.0 Å². The third-order valence-electron chi connectivity index (χ3n) is 1.59. The predicted octanol–water partition coefficient (Wildman–Crippen LogP) is 2.96. The van der Waals surface area contributed by atoms with Gasteiger partial charge in [-0.05, 0) is 30.7 Å². The molecule has 68 valence electrons. The van der Waals surface area contributed by atoms with Crippen molar-refractivity contribution in [2.24, 2.45) is 0 Å². The van der Waals surface area contributed by atoms with Crippen LogP contribution in [0, 0.1) is 6.92 Å². The van der Waals surface area contributed by atoms with Gasteiger partial charge in [-0.3, -0.25) is 9.97 Å². The van der Waals surface area contributed by atoms with Crippen molar-refractivity contribution >= 4 is 11.0 Å². The summed E-state index contributed by atoms with van der Waals surface area (Å²) in [5.74, 6) is 0. The third kappa shape index (κ3) is 2.25. The van der Waals surface area contributed by atoms with Crippen molar-refractivity contribution in [2.75, 3.05) is 0 Å². The van der Waals surface area contributed by atoms with Gasteiger partial charge < -0.3 is 0 Å². The van der Waals surface area contributed by atoms with Gasteiger partial charge in [-0.15, -0.1) is 0 Å². The van der Waals surface area contributed by atoms with Crippen molar-refractivity contribution in [3.8, 4) is 0 Å². The topological polar surface area (TPSA) is 25.8 Å². The van der Waals surface area contributed by atoms with E-state index in [0.29, 0.717) is 0 Å². The summed E-state index contributed by atoms with van der Waals surface area (Å²) in [4.78, 5) is 8.40. The number of nitrogens with zero attached hydrogens (tertiary/aromatic N) is 2. The van der Waals surface area contributed by atoms with Crippen LogP contribution in [0.3, 0.4) is 0 Å². The lowest BCUT2D eigenvalue weighted by Gasteiger charge is -1.95. The van der Waals surface area contributed by atoms with E-state index in [-0.39, 0.29) is 0 Å². The highest BCUT2D eigenvalue weighted by molar-refractivity contribution is 5.73. The Labute approximate surface area is 78.7 Å². The van der Waals surface area contributed by atoms with Crippen LogP contribution in [0.2, 0.25) is 0 Å². The fraction of sp³-hybridized carbons (Fsp3) is 0.273. The maximum absolute atomic E-state index is 4.22. The molecule has 2 nitrogen and oxygen atoms in total. The number of fused-ring (bicyclic) bond motifs is 1. The Morgan fingerprint density at radius 3 is 2.62 bits per heavy atom. The van der Waals surface area contributed by atoms with Gasteiger partial charge in [-0.1, -0.05) is 13.8 Å². The molecule has 0 saturated heterocycles. The Kier molecular flexibility index (Phi) is 3.38. The van der Waals surface area contributed by atoms with Crippen molar-refractivity contribution in [3.63, 3.8) is 0 Å². The molecule has 0 bridgehead atoms. The number of aryl methyl sites for hydroxylation is 1. The summed E-state index contributed by atoms with van der Waals surface area (Å²) in [6.07, 6.45) is 3.63. The van der Waals surface area contributed by atoms with E-state index in [2.05, 4.69) is 9.97 Å². The van der Waals surface area contributed by atoms with Crippen LogP contribution in [0.4, 0.5) is 0 Å². The lowest BCUT2D eigenvalue weighted by atomic mass is 10.2. The highest BCUT2D eigenvalue weighted by atomic mass is 14.7. The minimum atomic E-state index is 0.957. The first-order valence-electron chi connectivity index (χ1n) is 4.53. The van der Waals surface area contributed by atoms with Crippen LogP contribution in [0.5, 0.6) is 0 Å². The van der Waals surface area contributed by atoms with E-state index >= 15 is 0 Å². The van der Waals surface area contributed by atoms with E-state index in [0.717, 1.165) is 16.6 Å². The average molecular weight is 174 g/mol. The standard InChI is InChI=1S/C9H8N2.C2H6/c1-7-5-9-8(11-6-7)3-2-4-10-9;1-2/h2-6H,1H3;1-2H3. The molecule has 0 aliphatic rings. The largest absolute Gasteiger partial charge is 0.255 e. The Morgan fingerprint density at radius 2 is 1.85 bits per heavy atom. The van der Waals surface area contributed by atoms with Crippen LogP contribution in [0.1, 0.15) is 19.4 Å². The number of pyridine rings is 2. The van der Waals surface area contributed by atoms with E-state index in [1.54, 1.807) is 6.20 Å². The van der Waals surface area contributed by atoms with E-state index < -0.39 is 0 Å². The fourth-order valence-corrected chi connectivity index (χ4v) is 1.05. The van der Waals surface area contributed by atoms with Gasteiger partial charge >= 0.3 is 0 Å². The number of aromatic nitrogens is 2. The lowest BCUT2D eigenvalue weighted by Crippen LogP contribution is -1.82. The molecule has 0 spiro atoms. The molecule has 0 N–H and O–H groups in total. The smallest absolute Gasteiger partial charge is 0.0889 e. The zero-order chi connectivity index (χ0) is 9.68. The van der Waals surface area contributed by atoms with E-state index in [1.807, 2.05) is 45.2 Å². The second kappa shape index (κ2) is 4.55. The maximum atomic E-state index is 4.22. The Balaban J connectivity index is 0.000000396. The first-order chi connectivity index (χ1) is 6.36. The van der Waals surface area contributed by atoms with Crippen LogP contribution in [-0.2, 0) is 0 Å². The normalized spacial score (nSPS) is 9.15. The predicted molar refractivity (Wildman–Crippen MR) is 55.6 cm³/mol. The molecule has 0 atom stereocenters. The summed E-state index contributed by atoms with van der Waals surface area (Å²) in [7, 11) is 0. The number of rotatable bonds is 0. The minimum absolute atomic E-state index is 0.957. The number of hydrogen-bond donors (Lipinski definition) is 0. The van der Waals surface area contributed by atoms with Crippen LogP contribution in [-0.4, -0.2) is 9.97 Å². The van der Waals surface area contributed by atoms with Crippen LogP contribution in [0.15, 0.2) is 30.6 Å². The van der Waals surface area contributed by atoms with Crippen molar-refractivity contribution in [1.29, 1.82) is 0 Å². The second-order valence-electron chi connectivity index (χ2n) is 2.55. The molecule has 2 aromatic heterocycles. The molecule has 2 aromatic rings. The molecule has 0 aliphatic heterocycles. The maximum Gasteiger partial charge on any atom is 0.0889 e. The van der Waals surface area contributed by atoms with E-state index in [4.69, 9.17) is 0 Å². The minimum Gasteiger partial charge on any atom is -0.255 e. The van der Waals surface area contributed by atoms with Crippen LogP contribution in [0.25, 0.3) is 11.0 Å². The lowest BCUT2D eigenvalue weighted by molar-refractivity contribution is 1.29. The fourth-order valence-electron chi connectivity index (χ4n) is 1.05. The van der Waals surface area contributed by atoms with Gasteiger partial charge in [0.2, 0.25) is 0 Å². The summed E-state index contributed by atoms with van der Waals surface area (Å²) in [5.41, 5.74) is 3.07. The molecule has 0 aliphatic carbocycles. The molecular formula is C11H14N2. The Hall–Kier alpha value is -1.44. The Bertz CT molecular complexity index is 383. The van der Waals surface area contributed by atoms with Gasteiger partial charge in [0.25, 0.3) is 0 Å². The molecule has 2 rings (SSSR count). The van der Waals surface area contributed by atoms with Crippen molar-refractivity contribution < 1.29 is 0 Å². The van der Waals surface area contributed by atoms with Gasteiger partial charge in [-0.25, -0.2) is 0 Å². The summed E-state index contributed by atoms with van der Waals surface area (Å²) in [6, 6.07) is 5.88. The summed E-state index contributed by atoms with van der Waals surface area (Å²) in [6.45, 7) is 6.02. The highest BCUT2D eigenvalue weighted by Gasteiger charge is 1.92. The van der Waals surface area contributed by atoms with Gasteiger partial charge in [0, 0.05) is 12.4 Å². The molecule has 0 saturated carbocycles. The van der Waals surface area contributed by atoms with Gasteiger partial charge in [-0.2, -0.15) is 0 Å². The zero-order valence-electron chi connectivity index (χ0n) is 8.28. The average Bonchev–Trinajstić information content (AvgIpc) is 2.21. The highest BCUT2D eigenvalue weighted by Crippen LogP contribution is 2.08. The summed E-state index contributed by atoms with van der Waals surface area (Å²) < 4.78 is 0. The number of hydrogen-bond acceptors (Lipinski definition) is 2. The van der Waals surface area contributed by atoms with E-state index in [9.17, 15) is 0 Å². The second-order valence-corrected chi connectivity index (χ2v) is 2.55.